The van der Waals surface area contributed by atoms with Crippen molar-refractivity contribution in [2.45, 2.75) is 33.1 Å². The Kier molecular flexibility index (Phi) is 7.27. The first-order valence-electron chi connectivity index (χ1n) is 9.58. The Morgan fingerprint density at radius 3 is 2.64 bits per heavy atom. The number of ketones is 1. The molecular formula is C21H25Cl2N3O2. The maximum absolute atomic E-state index is 12.1. The van der Waals surface area contributed by atoms with Crippen LogP contribution < -0.4 is 5.32 Å². The summed E-state index contributed by atoms with van der Waals surface area (Å²) in [5.74, 6) is 0.687. The van der Waals surface area contributed by atoms with Crippen molar-refractivity contribution in [1.29, 1.82) is 0 Å². The third-order valence-electron chi connectivity index (χ3n) is 4.98. The number of aromatic nitrogens is 2. The van der Waals surface area contributed by atoms with Gasteiger partial charge in [0.05, 0.1) is 16.9 Å². The van der Waals surface area contributed by atoms with Crippen LogP contribution in [0.25, 0.3) is 11.1 Å². The average molecular weight is 422 g/mol. The number of Topliss-reactive ketones (excluding diaryl/α,β-unsaturated/α-hetero) is 1. The number of carbonyl (C=O) groups excluding carboxylic acids is 1. The van der Waals surface area contributed by atoms with E-state index in [9.17, 15) is 4.79 Å². The molecule has 0 unspecified atom stereocenters. The summed E-state index contributed by atoms with van der Waals surface area (Å²) in [5.41, 5.74) is 3.02. The highest BCUT2D eigenvalue weighted by molar-refractivity contribution is 6.35. The van der Waals surface area contributed by atoms with Crippen LogP contribution >= 0.6 is 23.2 Å². The summed E-state index contributed by atoms with van der Waals surface area (Å²) in [7, 11) is 0. The van der Waals surface area contributed by atoms with Gasteiger partial charge in [-0.1, -0.05) is 37.0 Å². The highest BCUT2D eigenvalue weighted by atomic mass is 35.5. The third kappa shape index (κ3) is 5.43. The molecule has 0 bridgehead atoms. The van der Waals surface area contributed by atoms with Gasteiger partial charge in [-0.15, -0.1) is 0 Å². The number of hydrogen-bond donors (Lipinski definition) is 1. The summed E-state index contributed by atoms with van der Waals surface area (Å²) in [5, 5.41) is 4.29. The zero-order chi connectivity index (χ0) is 20.1. The number of rotatable bonds is 7. The Morgan fingerprint density at radius 1 is 1.18 bits per heavy atom. The normalized spacial score (nSPS) is 15.0. The molecular weight excluding hydrogens is 397 g/mol. The van der Waals surface area contributed by atoms with E-state index in [0.29, 0.717) is 21.8 Å². The number of carbonyl (C=O) groups is 1. The lowest BCUT2D eigenvalue weighted by molar-refractivity contribution is -0.121. The lowest BCUT2D eigenvalue weighted by Gasteiger charge is -2.22. The second-order valence-corrected chi connectivity index (χ2v) is 8.22. The van der Waals surface area contributed by atoms with Gasteiger partial charge in [-0.3, -0.25) is 9.78 Å². The van der Waals surface area contributed by atoms with Gasteiger partial charge in [0.15, 0.2) is 0 Å². The fraction of sp³-hybridized carbons (Fsp3) is 0.476. The summed E-state index contributed by atoms with van der Waals surface area (Å²) < 4.78 is 5.41. The molecule has 0 atom stereocenters. The first-order valence-corrected chi connectivity index (χ1v) is 10.3. The van der Waals surface area contributed by atoms with Crippen molar-refractivity contribution in [2.75, 3.05) is 25.1 Å². The monoisotopic (exact) mass is 421 g/mol. The van der Waals surface area contributed by atoms with Crippen LogP contribution in [0.5, 0.6) is 0 Å². The van der Waals surface area contributed by atoms with Gasteiger partial charge in [-0.05, 0) is 30.9 Å². The van der Waals surface area contributed by atoms with Crippen molar-refractivity contribution >= 4 is 34.7 Å². The molecule has 1 saturated heterocycles. The lowest BCUT2D eigenvalue weighted by atomic mass is 10.00. The lowest BCUT2D eigenvalue weighted by Crippen LogP contribution is -2.22. The molecule has 150 valence electrons. The van der Waals surface area contributed by atoms with Gasteiger partial charge in [0.1, 0.15) is 10.9 Å². The Bertz CT molecular complexity index is 836. The molecule has 0 saturated carbocycles. The summed E-state index contributed by atoms with van der Waals surface area (Å²) in [4.78, 5) is 20.7. The highest BCUT2D eigenvalue weighted by Crippen LogP contribution is 2.34. The van der Waals surface area contributed by atoms with E-state index in [0.717, 1.165) is 49.4 Å². The van der Waals surface area contributed by atoms with E-state index in [4.69, 9.17) is 27.9 Å². The van der Waals surface area contributed by atoms with E-state index >= 15 is 0 Å². The minimum Gasteiger partial charge on any atom is -0.384 e. The third-order valence-corrected chi connectivity index (χ3v) is 5.58. The van der Waals surface area contributed by atoms with Crippen LogP contribution in [0.4, 0.5) is 5.69 Å². The summed E-state index contributed by atoms with van der Waals surface area (Å²) >= 11 is 12.7. The topological polar surface area (TPSA) is 64.1 Å². The van der Waals surface area contributed by atoms with Crippen molar-refractivity contribution < 1.29 is 9.53 Å². The molecule has 1 aliphatic heterocycles. The smallest absolute Gasteiger partial charge is 0.141 e. The van der Waals surface area contributed by atoms with Crippen LogP contribution in [0.15, 0.2) is 24.5 Å². The molecule has 3 heterocycles. The highest BCUT2D eigenvalue weighted by Gasteiger charge is 2.16. The van der Waals surface area contributed by atoms with Gasteiger partial charge in [0.25, 0.3) is 0 Å². The molecule has 3 rings (SSSR count). The number of ether oxygens (including phenoxy) is 1. The number of hydrogen-bond acceptors (Lipinski definition) is 5. The van der Waals surface area contributed by atoms with Crippen LogP contribution in [0.2, 0.25) is 10.2 Å². The predicted octanol–water partition coefficient (Wildman–Crippen LogP) is 5.06. The second-order valence-electron chi connectivity index (χ2n) is 7.45. The van der Waals surface area contributed by atoms with E-state index in [1.54, 1.807) is 12.4 Å². The molecule has 0 spiro atoms. The molecule has 1 aliphatic rings. The minimum atomic E-state index is -0.0381. The van der Waals surface area contributed by atoms with Crippen LogP contribution in [0, 0.1) is 11.8 Å². The van der Waals surface area contributed by atoms with Crippen molar-refractivity contribution in [1.82, 2.24) is 9.97 Å². The Balaban J connectivity index is 1.80. The molecule has 0 aromatic carbocycles. The molecule has 2 aromatic rings. The quantitative estimate of drug-likeness (QED) is 0.633. The molecule has 5 nitrogen and oxygen atoms in total. The fourth-order valence-corrected chi connectivity index (χ4v) is 3.52. The second kappa shape index (κ2) is 9.68. The van der Waals surface area contributed by atoms with E-state index in [2.05, 4.69) is 15.3 Å². The van der Waals surface area contributed by atoms with E-state index in [1.807, 2.05) is 26.0 Å². The fourth-order valence-electron chi connectivity index (χ4n) is 3.11. The molecule has 0 amide bonds. The number of halogens is 2. The molecule has 28 heavy (non-hydrogen) atoms. The van der Waals surface area contributed by atoms with Crippen LogP contribution in [0.3, 0.4) is 0 Å². The van der Waals surface area contributed by atoms with Crippen molar-refractivity contribution in [3.05, 3.63) is 40.4 Å². The maximum Gasteiger partial charge on any atom is 0.141 e. The Hall–Kier alpha value is -1.69. The molecule has 7 heteroatoms. The predicted molar refractivity (Wildman–Crippen MR) is 113 cm³/mol. The zero-order valence-corrected chi connectivity index (χ0v) is 17.7. The van der Waals surface area contributed by atoms with Crippen LogP contribution in [-0.4, -0.2) is 35.5 Å². The van der Waals surface area contributed by atoms with E-state index < -0.39 is 0 Å². The van der Waals surface area contributed by atoms with Crippen molar-refractivity contribution in [2.24, 2.45) is 11.8 Å². The van der Waals surface area contributed by atoms with Crippen molar-refractivity contribution in [3.63, 3.8) is 0 Å². The average Bonchev–Trinajstić information content (AvgIpc) is 2.69. The first kappa shape index (κ1) is 21.0. The van der Waals surface area contributed by atoms with Gasteiger partial charge in [0, 0.05) is 55.1 Å². The minimum absolute atomic E-state index is 0.0381. The molecule has 2 aromatic heterocycles. The van der Waals surface area contributed by atoms with Gasteiger partial charge in [-0.2, -0.15) is 0 Å². The Labute approximate surface area is 175 Å². The molecule has 0 aliphatic carbocycles. The summed E-state index contributed by atoms with van der Waals surface area (Å²) in [6, 6.07) is 3.78. The first-order chi connectivity index (χ1) is 13.4. The number of nitrogens with one attached hydrogen (secondary N) is 1. The maximum atomic E-state index is 12.1. The van der Waals surface area contributed by atoms with Crippen LogP contribution in [0.1, 0.15) is 32.4 Å². The van der Waals surface area contributed by atoms with Gasteiger partial charge >= 0.3 is 0 Å². The molecule has 1 fully saturated rings. The van der Waals surface area contributed by atoms with Crippen LogP contribution in [-0.2, 0) is 16.0 Å². The largest absolute Gasteiger partial charge is 0.384 e. The standard InChI is InChI=1S/C21H25Cl2N3O2/c1-13(2)20(27)9-15-7-17(19(22)12-25-15)18-8-16(11-26-21(18)23)24-10-14-3-5-28-6-4-14/h7-8,11-14,24H,3-6,9-10H2,1-2H3. The van der Waals surface area contributed by atoms with Gasteiger partial charge < -0.3 is 10.1 Å². The number of nitrogens with zero attached hydrogens (tertiary/aromatic N) is 2. The number of anilines is 1. The Morgan fingerprint density at radius 2 is 1.93 bits per heavy atom. The van der Waals surface area contributed by atoms with Gasteiger partial charge in [-0.25, -0.2) is 4.98 Å². The zero-order valence-electron chi connectivity index (χ0n) is 16.2. The molecule has 0 radical (unpaired) electrons. The van der Waals surface area contributed by atoms with Crippen molar-refractivity contribution in [3.8, 4) is 11.1 Å². The van der Waals surface area contributed by atoms with E-state index in [-0.39, 0.29) is 18.1 Å². The summed E-state index contributed by atoms with van der Waals surface area (Å²) in [6.45, 7) is 6.27. The summed E-state index contributed by atoms with van der Waals surface area (Å²) in [6.07, 6.45) is 5.69. The SMILES string of the molecule is CC(C)C(=O)Cc1cc(-c2cc(NCC3CCOCC3)cnc2Cl)c(Cl)cn1. The number of pyridine rings is 2. The van der Waals surface area contributed by atoms with Gasteiger partial charge in [0.2, 0.25) is 0 Å². The molecule has 1 N–H and O–H groups in total. The van der Waals surface area contributed by atoms with E-state index in [1.165, 1.54) is 0 Å².